The lowest BCUT2D eigenvalue weighted by Gasteiger charge is -2.26. The Kier molecular flexibility index (Phi) is 3.84. The quantitative estimate of drug-likeness (QED) is 0.841. The van der Waals surface area contributed by atoms with Gasteiger partial charge in [0.1, 0.15) is 5.76 Å². The number of hydrogen-bond acceptors (Lipinski definition) is 3. The summed E-state index contributed by atoms with van der Waals surface area (Å²) in [5.41, 5.74) is 6.51. The molecule has 1 aliphatic rings. The molecule has 1 aromatic heterocycles. The molecule has 0 aliphatic heterocycles. The highest BCUT2D eigenvalue weighted by atomic mass is 16.3. The molecular formula is C13H20N2O2. The maximum absolute atomic E-state index is 12.0. The molecule has 0 atom stereocenters. The van der Waals surface area contributed by atoms with Gasteiger partial charge in [-0.2, -0.15) is 0 Å². The number of carbonyl (C=O) groups is 1. The van der Waals surface area contributed by atoms with Gasteiger partial charge >= 0.3 is 0 Å². The zero-order valence-electron chi connectivity index (χ0n) is 10.2. The minimum Gasteiger partial charge on any atom is -0.469 e. The predicted octanol–water partition coefficient (Wildman–Crippen LogP) is 1.84. The molecule has 1 saturated carbocycles. The second-order valence-electron chi connectivity index (χ2n) is 4.70. The summed E-state index contributed by atoms with van der Waals surface area (Å²) in [5, 5.41) is 3.06. The molecule has 0 unspecified atom stereocenters. The zero-order chi connectivity index (χ0) is 12.3. The number of aryl methyl sites for hydroxylation is 1. The minimum absolute atomic E-state index is 0.0175. The van der Waals surface area contributed by atoms with Crippen LogP contribution in [-0.2, 0) is 6.42 Å². The molecule has 1 heterocycles. The predicted molar refractivity (Wildman–Crippen MR) is 65.8 cm³/mol. The third kappa shape index (κ3) is 2.88. The summed E-state index contributed by atoms with van der Waals surface area (Å²) in [6.45, 7) is 1.98. The average Bonchev–Trinajstić information content (AvgIpc) is 2.80. The Hall–Kier alpha value is -1.29. The molecule has 1 fully saturated rings. The number of rotatable bonds is 3. The SMILES string of the molecule is CCc1occc1C(=O)NC1CCC(N)CC1. The standard InChI is InChI=1S/C13H20N2O2/c1-2-12-11(7-8-17-12)13(16)15-10-5-3-9(14)4-6-10/h7-10H,2-6,14H2,1H3,(H,15,16). The highest BCUT2D eigenvalue weighted by Crippen LogP contribution is 2.18. The van der Waals surface area contributed by atoms with Crippen LogP contribution in [0.2, 0.25) is 0 Å². The summed E-state index contributed by atoms with van der Waals surface area (Å²) in [4.78, 5) is 12.0. The fourth-order valence-electron chi connectivity index (χ4n) is 2.34. The molecule has 1 amide bonds. The summed E-state index contributed by atoms with van der Waals surface area (Å²) in [7, 11) is 0. The average molecular weight is 236 g/mol. The Morgan fingerprint density at radius 3 is 2.82 bits per heavy atom. The second-order valence-corrected chi connectivity index (χ2v) is 4.70. The first-order valence-corrected chi connectivity index (χ1v) is 6.33. The third-order valence-electron chi connectivity index (χ3n) is 3.42. The van der Waals surface area contributed by atoms with E-state index in [-0.39, 0.29) is 11.9 Å². The van der Waals surface area contributed by atoms with Crippen LogP contribution in [-0.4, -0.2) is 18.0 Å². The molecule has 2 rings (SSSR count). The van der Waals surface area contributed by atoms with Crippen LogP contribution in [0.4, 0.5) is 0 Å². The lowest BCUT2D eigenvalue weighted by atomic mass is 9.91. The third-order valence-corrected chi connectivity index (χ3v) is 3.42. The van der Waals surface area contributed by atoms with Gasteiger partial charge in [-0.05, 0) is 31.7 Å². The molecule has 1 aliphatic carbocycles. The van der Waals surface area contributed by atoms with Gasteiger partial charge in [-0.3, -0.25) is 4.79 Å². The van der Waals surface area contributed by atoms with Crippen LogP contribution in [0.5, 0.6) is 0 Å². The van der Waals surface area contributed by atoms with Gasteiger partial charge < -0.3 is 15.5 Å². The van der Waals surface area contributed by atoms with E-state index in [1.807, 2.05) is 6.92 Å². The smallest absolute Gasteiger partial charge is 0.255 e. The van der Waals surface area contributed by atoms with Crippen LogP contribution in [0.25, 0.3) is 0 Å². The van der Waals surface area contributed by atoms with Crippen molar-refractivity contribution in [3.63, 3.8) is 0 Å². The van der Waals surface area contributed by atoms with Gasteiger partial charge in [-0.15, -0.1) is 0 Å². The number of amides is 1. The molecule has 4 heteroatoms. The van der Waals surface area contributed by atoms with E-state index in [1.165, 1.54) is 0 Å². The van der Waals surface area contributed by atoms with Crippen molar-refractivity contribution in [3.05, 3.63) is 23.7 Å². The van der Waals surface area contributed by atoms with E-state index in [2.05, 4.69) is 5.32 Å². The number of nitrogens with one attached hydrogen (secondary N) is 1. The summed E-state index contributed by atoms with van der Waals surface area (Å²) >= 11 is 0. The molecule has 0 spiro atoms. The van der Waals surface area contributed by atoms with Gasteiger partial charge in [0.15, 0.2) is 0 Å². The van der Waals surface area contributed by atoms with Gasteiger partial charge in [-0.25, -0.2) is 0 Å². The molecule has 4 nitrogen and oxygen atoms in total. The van der Waals surface area contributed by atoms with Crippen molar-refractivity contribution < 1.29 is 9.21 Å². The number of hydrogen-bond donors (Lipinski definition) is 2. The molecule has 0 aromatic carbocycles. The van der Waals surface area contributed by atoms with Gasteiger partial charge in [0.25, 0.3) is 5.91 Å². The monoisotopic (exact) mass is 236 g/mol. The fourth-order valence-corrected chi connectivity index (χ4v) is 2.34. The van der Waals surface area contributed by atoms with E-state index in [0.717, 1.165) is 37.9 Å². The van der Waals surface area contributed by atoms with E-state index < -0.39 is 0 Å². The first kappa shape index (κ1) is 12.2. The number of nitrogens with two attached hydrogens (primary N) is 1. The van der Waals surface area contributed by atoms with Crippen molar-refractivity contribution >= 4 is 5.91 Å². The van der Waals surface area contributed by atoms with Crippen molar-refractivity contribution in [2.75, 3.05) is 0 Å². The first-order chi connectivity index (χ1) is 8.20. The Bertz CT molecular complexity index is 379. The Morgan fingerprint density at radius 2 is 2.18 bits per heavy atom. The van der Waals surface area contributed by atoms with Crippen molar-refractivity contribution in [2.45, 2.75) is 51.1 Å². The van der Waals surface area contributed by atoms with Crippen LogP contribution in [0.3, 0.4) is 0 Å². The van der Waals surface area contributed by atoms with Gasteiger partial charge in [-0.1, -0.05) is 6.92 Å². The van der Waals surface area contributed by atoms with Crippen molar-refractivity contribution in [3.8, 4) is 0 Å². The van der Waals surface area contributed by atoms with Gasteiger partial charge in [0.05, 0.1) is 11.8 Å². The van der Waals surface area contributed by atoms with Crippen LogP contribution in [0, 0.1) is 0 Å². The Balaban J connectivity index is 1.93. The summed E-state index contributed by atoms with van der Waals surface area (Å²) in [6, 6.07) is 2.31. The van der Waals surface area contributed by atoms with Gasteiger partial charge in [0.2, 0.25) is 0 Å². The molecule has 94 valence electrons. The van der Waals surface area contributed by atoms with Crippen molar-refractivity contribution in [2.24, 2.45) is 5.73 Å². The first-order valence-electron chi connectivity index (χ1n) is 6.33. The van der Waals surface area contributed by atoms with E-state index >= 15 is 0 Å². The molecule has 0 saturated heterocycles. The Labute approximate surface area is 102 Å². The van der Waals surface area contributed by atoms with Crippen LogP contribution in [0.15, 0.2) is 16.7 Å². The molecule has 17 heavy (non-hydrogen) atoms. The van der Waals surface area contributed by atoms with Crippen molar-refractivity contribution in [1.82, 2.24) is 5.32 Å². The summed E-state index contributed by atoms with van der Waals surface area (Å²) in [5.74, 6) is 0.742. The maximum Gasteiger partial charge on any atom is 0.255 e. The van der Waals surface area contributed by atoms with Crippen LogP contribution in [0.1, 0.15) is 48.7 Å². The fraction of sp³-hybridized carbons (Fsp3) is 0.615. The lowest BCUT2D eigenvalue weighted by Crippen LogP contribution is -2.40. The van der Waals surface area contributed by atoms with Gasteiger partial charge in [0, 0.05) is 18.5 Å². The molecule has 1 aromatic rings. The minimum atomic E-state index is -0.0175. The van der Waals surface area contributed by atoms with E-state index in [1.54, 1.807) is 12.3 Å². The maximum atomic E-state index is 12.0. The highest BCUT2D eigenvalue weighted by Gasteiger charge is 2.22. The molecule has 0 bridgehead atoms. The summed E-state index contributed by atoms with van der Waals surface area (Å²) < 4.78 is 5.26. The lowest BCUT2D eigenvalue weighted by molar-refractivity contribution is 0.0924. The number of carbonyl (C=O) groups excluding carboxylic acids is 1. The van der Waals surface area contributed by atoms with Crippen molar-refractivity contribution in [1.29, 1.82) is 0 Å². The normalized spacial score (nSPS) is 24.6. The molecular weight excluding hydrogens is 216 g/mol. The summed E-state index contributed by atoms with van der Waals surface area (Å²) in [6.07, 6.45) is 6.27. The van der Waals surface area contributed by atoms with Crippen LogP contribution < -0.4 is 11.1 Å². The number of furan rings is 1. The molecule has 0 radical (unpaired) electrons. The molecule has 3 N–H and O–H groups in total. The highest BCUT2D eigenvalue weighted by molar-refractivity contribution is 5.95. The van der Waals surface area contributed by atoms with Crippen LogP contribution >= 0.6 is 0 Å². The second kappa shape index (κ2) is 5.36. The van der Waals surface area contributed by atoms with E-state index in [4.69, 9.17) is 10.2 Å². The zero-order valence-corrected chi connectivity index (χ0v) is 10.2. The van der Waals surface area contributed by atoms with E-state index in [0.29, 0.717) is 11.6 Å². The Morgan fingerprint density at radius 1 is 1.47 bits per heavy atom. The van der Waals surface area contributed by atoms with E-state index in [9.17, 15) is 4.79 Å². The topological polar surface area (TPSA) is 68.3 Å². The largest absolute Gasteiger partial charge is 0.469 e.